The van der Waals surface area contributed by atoms with E-state index >= 15 is 0 Å². The lowest BCUT2D eigenvalue weighted by Gasteiger charge is -2.06. The van der Waals surface area contributed by atoms with Crippen LogP contribution in [0.15, 0.2) is 66.7 Å². The van der Waals surface area contributed by atoms with Crippen LogP contribution in [0.1, 0.15) is 10.4 Å². The van der Waals surface area contributed by atoms with Gasteiger partial charge in [0.2, 0.25) is 11.8 Å². The lowest BCUT2D eigenvalue weighted by Crippen LogP contribution is -2.12. The number of nitrogens with zero attached hydrogens (tertiary/aromatic N) is 2. The number of aromatic nitrogens is 2. The molecule has 0 spiro atoms. The maximum Gasteiger partial charge on any atom is 0.305 e. The number of amides is 1. The highest BCUT2D eigenvalue weighted by Crippen LogP contribution is 2.27. The number of hydrogen-bond donors (Lipinski definition) is 2. The van der Waals surface area contributed by atoms with Crippen molar-refractivity contribution < 1.29 is 14.1 Å². The van der Waals surface area contributed by atoms with Gasteiger partial charge >= 0.3 is 5.69 Å². The van der Waals surface area contributed by atoms with Crippen LogP contribution in [0, 0.1) is 15.9 Å². The first-order chi connectivity index (χ1) is 13.5. The van der Waals surface area contributed by atoms with E-state index in [1.807, 2.05) is 24.3 Å². The fourth-order valence-electron chi connectivity index (χ4n) is 2.86. The van der Waals surface area contributed by atoms with Crippen molar-refractivity contribution in [2.45, 2.75) is 0 Å². The number of H-pyrrole nitrogens is 1. The number of nitro benzene ring substituents is 1. The summed E-state index contributed by atoms with van der Waals surface area (Å²) in [5.74, 6) is -0.987. The largest absolute Gasteiger partial charge is 0.324 e. The van der Waals surface area contributed by atoms with Crippen molar-refractivity contribution >= 4 is 28.6 Å². The van der Waals surface area contributed by atoms with Crippen molar-refractivity contribution in [2.24, 2.45) is 0 Å². The summed E-state index contributed by atoms with van der Waals surface area (Å²) in [5, 5.41) is 13.6. The first-order valence-corrected chi connectivity index (χ1v) is 8.32. The van der Waals surface area contributed by atoms with Crippen LogP contribution in [0.2, 0.25) is 0 Å². The lowest BCUT2D eigenvalue weighted by atomic mass is 10.0. The van der Waals surface area contributed by atoms with Crippen LogP contribution in [-0.2, 0) is 0 Å². The summed E-state index contributed by atoms with van der Waals surface area (Å²) in [7, 11) is 0. The van der Waals surface area contributed by atoms with E-state index in [0.717, 1.165) is 23.2 Å². The minimum absolute atomic E-state index is 0.314. The highest BCUT2D eigenvalue weighted by molar-refractivity contribution is 6.04. The zero-order chi connectivity index (χ0) is 19.7. The highest BCUT2D eigenvalue weighted by atomic mass is 19.1. The third kappa shape index (κ3) is 3.30. The molecule has 0 saturated carbocycles. The summed E-state index contributed by atoms with van der Waals surface area (Å²) in [6.45, 7) is 0. The number of carbonyl (C=O) groups is 1. The summed E-state index contributed by atoms with van der Waals surface area (Å²) in [6, 6.07) is 17.5. The topological polar surface area (TPSA) is 101 Å². The van der Waals surface area contributed by atoms with Crippen LogP contribution in [0.25, 0.3) is 22.2 Å². The Labute approximate surface area is 158 Å². The quantitative estimate of drug-likeness (QED) is 0.404. The number of anilines is 1. The number of fused-ring (bicyclic) bond motifs is 1. The van der Waals surface area contributed by atoms with Crippen molar-refractivity contribution in [2.75, 3.05) is 5.32 Å². The third-order valence-electron chi connectivity index (χ3n) is 4.22. The van der Waals surface area contributed by atoms with Crippen LogP contribution in [0.3, 0.4) is 0 Å². The minimum atomic E-state index is -0.910. The van der Waals surface area contributed by atoms with E-state index in [1.165, 1.54) is 6.07 Å². The molecule has 0 aliphatic heterocycles. The Hall–Kier alpha value is -4.07. The van der Waals surface area contributed by atoms with Gasteiger partial charge in [-0.25, -0.2) is 4.98 Å². The van der Waals surface area contributed by atoms with E-state index in [-0.39, 0.29) is 0 Å². The number of para-hydroxylation sites is 2. The van der Waals surface area contributed by atoms with Gasteiger partial charge in [-0.2, -0.15) is 4.39 Å². The molecule has 0 aliphatic carbocycles. The number of aromatic amines is 1. The summed E-state index contributed by atoms with van der Waals surface area (Å²) in [6.07, 6.45) is 0. The second-order valence-corrected chi connectivity index (χ2v) is 6.06. The van der Waals surface area contributed by atoms with Crippen LogP contribution in [0.4, 0.5) is 16.0 Å². The molecule has 1 heterocycles. The molecular formula is C20H13FN4O3. The summed E-state index contributed by atoms with van der Waals surface area (Å²) < 4.78 is 13.6. The Bertz CT molecular complexity index is 1190. The Kier molecular flexibility index (Phi) is 4.29. The zero-order valence-electron chi connectivity index (χ0n) is 14.3. The molecule has 1 aromatic heterocycles. The second kappa shape index (κ2) is 6.92. The fourth-order valence-corrected chi connectivity index (χ4v) is 2.86. The average Bonchev–Trinajstić information content (AvgIpc) is 3.10. The van der Waals surface area contributed by atoms with E-state index in [2.05, 4.69) is 15.3 Å². The molecule has 4 rings (SSSR count). The van der Waals surface area contributed by atoms with Crippen molar-refractivity contribution in [1.29, 1.82) is 0 Å². The van der Waals surface area contributed by atoms with E-state index < -0.39 is 22.3 Å². The molecule has 0 fully saturated rings. The molecule has 7 nitrogen and oxygen atoms in total. The molecule has 0 unspecified atom stereocenters. The van der Waals surface area contributed by atoms with Gasteiger partial charge in [0.25, 0.3) is 5.91 Å². The van der Waals surface area contributed by atoms with Gasteiger partial charge in [-0.1, -0.05) is 30.3 Å². The van der Waals surface area contributed by atoms with Crippen molar-refractivity contribution in [3.05, 3.63) is 88.2 Å². The van der Waals surface area contributed by atoms with Gasteiger partial charge in [0.1, 0.15) is 0 Å². The molecule has 0 saturated heterocycles. The Balaban J connectivity index is 1.62. The van der Waals surface area contributed by atoms with Gasteiger partial charge in [0, 0.05) is 11.6 Å². The van der Waals surface area contributed by atoms with E-state index in [4.69, 9.17) is 0 Å². The van der Waals surface area contributed by atoms with Crippen molar-refractivity contribution in [3.63, 3.8) is 0 Å². The number of nitrogens with one attached hydrogen (secondary N) is 2. The minimum Gasteiger partial charge on any atom is -0.324 e. The van der Waals surface area contributed by atoms with Crippen molar-refractivity contribution in [3.8, 4) is 11.1 Å². The zero-order valence-corrected chi connectivity index (χ0v) is 14.3. The fraction of sp³-hybridized carbons (Fsp3) is 0. The van der Waals surface area contributed by atoms with E-state index in [1.54, 1.807) is 24.3 Å². The van der Waals surface area contributed by atoms with Gasteiger partial charge < -0.3 is 4.98 Å². The summed E-state index contributed by atoms with van der Waals surface area (Å²) in [5.41, 5.74) is 2.24. The van der Waals surface area contributed by atoms with Crippen LogP contribution < -0.4 is 5.32 Å². The number of imidazole rings is 1. The van der Waals surface area contributed by atoms with E-state index in [0.29, 0.717) is 22.6 Å². The second-order valence-electron chi connectivity index (χ2n) is 6.06. The van der Waals surface area contributed by atoms with Crippen molar-refractivity contribution in [1.82, 2.24) is 9.97 Å². The molecule has 3 aromatic carbocycles. The number of halogens is 1. The summed E-state index contributed by atoms with van der Waals surface area (Å²) in [4.78, 5) is 30.0. The van der Waals surface area contributed by atoms with Gasteiger partial charge in [-0.15, -0.1) is 0 Å². The maximum absolute atomic E-state index is 13.6. The Morgan fingerprint density at radius 2 is 1.82 bits per heavy atom. The van der Waals surface area contributed by atoms with Crippen LogP contribution >= 0.6 is 0 Å². The lowest BCUT2D eigenvalue weighted by molar-refractivity contribution is -0.387. The van der Waals surface area contributed by atoms with Gasteiger partial charge in [-0.3, -0.25) is 20.2 Å². The molecule has 0 aliphatic rings. The van der Waals surface area contributed by atoms with Crippen LogP contribution in [0.5, 0.6) is 0 Å². The van der Waals surface area contributed by atoms with Gasteiger partial charge in [0.15, 0.2) is 0 Å². The molecule has 0 bridgehead atoms. The average molecular weight is 376 g/mol. The Morgan fingerprint density at radius 1 is 1.04 bits per heavy atom. The third-order valence-corrected chi connectivity index (χ3v) is 4.22. The number of benzene rings is 3. The first kappa shape index (κ1) is 17.3. The van der Waals surface area contributed by atoms with Crippen LogP contribution in [-0.4, -0.2) is 20.8 Å². The van der Waals surface area contributed by atoms with Gasteiger partial charge in [0.05, 0.1) is 16.0 Å². The number of hydrogen-bond acceptors (Lipinski definition) is 4. The molecule has 4 aromatic rings. The molecule has 138 valence electrons. The summed E-state index contributed by atoms with van der Waals surface area (Å²) >= 11 is 0. The maximum atomic E-state index is 13.6. The first-order valence-electron chi connectivity index (χ1n) is 8.32. The molecule has 2 N–H and O–H groups in total. The number of rotatable bonds is 4. The molecule has 8 heteroatoms. The molecule has 0 atom stereocenters. The number of carbonyl (C=O) groups excluding carboxylic acids is 1. The van der Waals surface area contributed by atoms with Gasteiger partial charge in [-0.05, 0) is 41.5 Å². The molecular weight excluding hydrogens is 363 g/mol. The van der Waals surface area contributed by atoms with E-state index in [9.17, 15) is 19.3 Å². The number of nitro groups is 1. The molecule has 0 radical (unpaired) electrons. The Morgan fingerprint density at radius 3 is 2.61 bits per heavy atom. The standard InChI is InChI=1S/C20H13FN4O3/c21-15-9-8-13(11-18(15)25(27)28)12-4-3-5-14(10-12)19(26)24-20-22-16-6-1-2-7-17(16)23-20/h1-11H,(H2,22,23,24,26). The predicted molar refractivity (Wildman–Crippen MR) is 103 cm³/mol. The highest BCUT2D eigenvalue weighted by Gasteiger charge is 2.16. The smallest absolute Gasteiger partial charge is 0.305 e. The SMILES string of the molecule is O=C(Nc1nc2ccccc2[nH]1)c1cccc(-c2ccc(F)c([N+](=O)[O-])c2)c1. The predicted octanol–water partition coefficient (Wildman–Crippen LogP) is 4.53. The normalized spacial score (nSPS) is 10.8. The molecule has 1 amide bonds. The molecule has 28 heavy (non-hydrogen) atoms. The monoisotopic (exact) mass is 376 g/mol.